The molecule has 1 heterocycles. The van der Waals surface area contributed by atoms with Crippen LogP contribution >= 0.6 is 11.8 Å². The molecule has 1 atom stereocenters. The fraction of sp³-hybridized carbons (Fsp3) is 0.333. The zero-order valence-corrected chi connectivity index (χ0v) is 20.3. The van der Waals surface area contributed by atoms with Gasteiger partial charge < -0.3 is 9.47 Å². The molecule has 35 heavy (non-hydrogen) atoms. The standard InChI is InChI=1S/C24H24F3N3O4S/c1-15(20-14-30(29-28-20)13-16-5-9-18(10-6-16)24(25,26)27)34-21(31)17-7-11-19(12-8-17)35-23(2,3)22(32)33-4/h5-12,14-15H,13H2,1-4H3/t15-/m1/s1. The summed E-state index contributed by atoms with van der Waals surface area (Å²) in [5, 5.41) is 7.97. The molecular formula is C24H24F3N3O4S. The Morgan fingerprint density at radius 1 is 1.06 bits per heavy atom. The minimum Gasteiger partial charge on any atom is -0.468 e. The zero-order chi connectivity index (χ0) is 25.8. The Bertz CT molecular complexity index is 1180. The molecule has 7 nitrogen and oxygen atoms in total. The summed E-state index contributed by atoms with van der Waals surface area (Å²) in [5.41, 5.74) is 0.624. The number of ether oxygens (including phenoxy) is 2. The molecule has 0 N–H and O–H groups in total. The van der Waals surface area contributed by atoms with Gasteiger partial charge in [0.1, 0.15) is 16.5 Å². The summed E-state index contributed by atoms with van der Waals surface area (Å²) in [6, 6.07) is 11.4. The summed E-state index contributed by atoms with van der Waals surface area (Å²) in [6.07, 6.45) is -3.52. The van der Waals surface area contributed by atoms with Crippen molar-refractivity contribution < 1.29 is 32.2 Å². The van der Waals surface area contributed by atoms with Crippen molar-refractivity contribution in [2.24, 2.45) is 0 Å². The summed E-state index contributed by atoms with van der Waals surface area (Å²) in [5.74, 6) is -0.912. The average Bonchev–Trinajstić information content (AvgIpc) is 3.27. The highest BCUT2D eigenvalue weighted by Crippen LogP contribution is 2.33. The van der Waals surface area contributed by atoms with Gasteiger partial charge in [-0.3, -0.25) is 4.79 Å². The van der Waals surface area contributed by atoms with E-state index in [-0.39, 0.29) is 12.5 Å². The second-order valence-corrected chi connectivity index (χ2v) is 9.91. The number of alkyl halides is 3. The fourth-order valence-corrected chi connectivity index (χ4v) is 4.12. The van der Waals surface area contributed by atoms with Crippen molar-refractivity contribution in [2.45, 2.75) is 49.2 Å². The maximum absolute atomic E-state index is 12.7. The van der Waals surface area contributed by atoms with Crippen molar-refractivity contribution in [3.8, 4) is 0 Å². The third kappa shape index (κ3) is 6.84. The van der Waals surface area contributed by atoms with E-state index in [0.717, 1.165) is 17.0 Å². The molecule has 186 valence electrons. The second-order valence-electron chi connectivity index (χ2n) is 8.21. The van der Waals surface area contributed by atoms with Gasteiger partial charge in [0, 0.05) is 4.90 Å². The van der Waals surface area contributed by atoms with Gasteiger partial charge in [0.05, 0.1) is 31.0 Å². The average molecular weight is 508 g/mol. The molecule has 11 heteroatoms. The molecule has 1 aromatic heterocycles. The summed E-state index contributed by atoms with van der Waals surface area (Å²) < 4.78 is 49.1. The van der Waals surface area contributed by atoms with E-state index < -0.39 is 28.6 Å². The Balaban J connectivity index is 1.59. The first-order valence-electron chi connectivity index (χ1n) is 10.5. The van der Waals surface area contributed by atoms with Gasteiger partial charge in [-0.2, -0.15) is 13.2 Å². The monoisotopic (exact) mass is 507 g/mol. The molecular weight excluding hydrogens is 483 g/mol. The van der Waals surface area contributed by atoms with Crippen LogP contribution in [0.2, 0.25) is 0 Å². The number of halogens is 3. The van der Waals surface area contributed by atoms with Gasteiger partial charge in [-0.25, -0.2) is 9.48 Å². The van der Waals surface area contributed by atoms with Gasteiger partial charge in [0.25, 0.3) is 0 Å². The lowest BCUT2D eigenvalue weighted by Crippen LogP contribution is -2.28. The molecule has 0 unspecified atom stereocenters. The van der Waals surface area contributed by atoms with Crippen LogP contribution in [-0.4, -0.2) is 38.8 Å². The largest absolute Gasteiger partial charge is 0.468 e. The summed E-state index contributed by atoms with van der Waals surface area (Å²) in [7, 11) is 1.33. The Hall–Kier alpha value is -3.34. The van der Waals surface area contributed by atoms with Crippen molar-refractivity contribution in [1.82, 2.24) is 15.0 Å². The minimum absolute atomic E-state index is 0.215. The molecule has 0 radical (unpaired) electrons. The van der Waals surface area contributed by atoms with Crippen LogP contribution in [0, 0.1) is 0 Å². The summed E-state index contributed by atoms with van der Waals surface area (Å²) in [4.78, 5) is 25.2. The van der Waals surface area contributed by atoms with Crippen LogP contribution in [0.3, 0.4) is 0 Å². The fourth-order valence-electron chi connectivity index (χ4n) is 3.09. The molecule has 0 aliphatic rings. The number of thioether (sulfide) groups is 1. The summed E-state index contributed by atoms with van der Waals surface area (Å²) in [6.45, 7) is 5.36. The topological polar surface area (TPSA) is 83.3 Å². The Kier molecular flexibility index (Phi) is 7.89. The molecule has 2 aromatic carbocycles. The highest BCUT2D eigenvalue weighted by Gasteiger charge is 2.31. The van der Waals surface area contributed by atoms with Crippen molar-refractivity contribution >= 4 is 23.7 Å². The van der Waals surface area contributed by atoms with Crippen LogP contribution in [0.5, 0.6) is 0 Å². The smallest absolute Gasteiger partial charge is 0.416 e. The van der Waals surface area contributed by atoms with E-state index in [1.54, 1.807) is 51.2 Å². The number of esters is 2. The lowest BCUT2D eigenvalue weighted by molar-refractivity contribution is -0.142. The van der Waals surface area contributed by atoms with E-state index in [9.17, 15) is 22.8 Å². The van der Waals surface area contributed by atoms with Crippen LogP contribution in [-0.2, 0) is 27.0 Å². The van der Waals surface area contributed by atoms with Gasteiger partial charge >= 0.3 is 18.1 Å². The van der Waals surface area contributed by atoms with Crippen LogP contribution in [0.15, 0.2) is 59.6 Å². The highest BCUT2D eigenvalue weighted by molar-refractivity contribution is 8.01. The second kappa shape index (κ2) is 10.5. The number of carbonyl (C=O) groups excluding carboxylic acids is 2. The van der Waals surface area contributed by atoms with Crippen LogP contribution in [0.1, 0.15) is 54.1 Å². The number of hydrogen-bond donors (Lipinski definition) is 0. The number of carbonyl (C=O) groups is 2. The Labute approximate surface area is 204 Å². The quantitative estimate of drug-likeness (QED) is 0.302. The Morgan fingerprint density at radius 3 is 2.26 bits per heavy atom. The molecule has 0 aliphatic carbocycles. The first-order chi connectivity index (χ1) is 16.4. The van der Waals surface area contributed by atoms with Crippen molar-refractivity contribution in [1.29, 1.82) is 0 Å². The zero-order valence-electron chi connectivity index (χ0n) is 19.5. The van der Waals surface area contributed by atoms with E-state index in [1.165, 1.54) is 35.7 Å². The number of rotatable bonds is 8. The third-order valence-corrected chi connectivity index (χ3v) is 6.21. The van der Waals surface area contributed by atoms with Crippen molar-refractivity contribution in [3.05, 3.63) is 77.1 Å². The van der Waals surface area contributed by atoms with Gasteiger partial charge in [0.15, 0.2) is 0 Å². The normalized spacial score (nSPS) is 12.8. The van der Waals surface area contributed by atoms with Gasteiger partial charge in [-0.15, -0.1) is 16.9 Å². The molecule has 0 saturated heterocycles. The van der Waals surface area contributed by atoms with Gasteiger partial charge in [0.2, 0.25) is 0 Å². The van der Waals surface area contributed by atoms with Gasteiger partial charge in [-0.05, 0) is 62.7 Å². The molecule has 0 spiro atoms. The third-order valence-electron chi connectivity index (χ3n) is 5.02. The van der Waals surface area contributed by atoms with Crippen LogP contribution in [0.4, 0.5) is 13.2 Å². The highest BCUT2D eigenvalue weighted by atomic mass is 32.2. The molecule has 0 saturated carbocycles. The number of benzene rings is 2. The first-order valence-corrected chi connectivity index (χ1v) is 11.4. The van der Waals surface area contributed by atoms with Gasteiger partial charge in [-0.1, -0.05) is 17.3 Å². The lowest BCUT2D eigenvalue weighted by atomic mass is 10.1. The Morgan fingerprint density at radius 2 is 1.69 bits per heavy atom. The molecule has 0 bridgehead atoms. The maximum atomic E-state index is 12.7. The van der Waals surface area contributed by atoms with E-state index in [2.05, 4.69) is 10.3 Å². The summed E-state index contributed by atoms with van der Waals surface area (Å²) >= 11 is 1.31. The molecule has 3 rings (SSSR count). The lowest BCUT2D eigenvalue weighted by Gasteiger charge is -2.20. The predicted octanol–water partition coefficient (Wildman–Crippen LogP) is 5.31. The number of aromatic nitrogens is 3. The first kappa shape index (κ1) is 26.3. The van der Waals surface area contributed by atoms with E-state index in [0.29, 0.717) is 16.8 Å². The molecule has 0 aliphatic heterocycles. The molecule has 0 amide bonds. The van der Waals surface area contributed by atoms with Crippen molar-refractivity contribution in [2.75, 3.05) is 7.11 Å². The van der Waals surface area contributed by atoms with Crippen LogP contribution in [0.25, 0.3) is 0 Å². The van der Waals surface area contributed by atoms with Crippen molar-refractivity contribution in [3.63, 3.8) is 0 Å². The molecule has 3 aromatic rings. The molecule has 0 fully saturated rings. The predicted molar refractivity (Wildman–Crippen MR) is 123 cm³/mol. The maximum Gasteiger partial charge on any atom is 0.416 e. The van der Waals surface area contributed by atoms with E-state index in [1.807, 2.05) is 0 Å². The SMILES string of the molecule is COC(=O)C(C)(C)Sc1ccc(C(=O)O[C@H](C)c2cn(Cc3ccc(C(F)(F)F)cc3)nn2)cc1. The minimum atomic E-state index is -4.39. The van der Waals surface area contributed by atoms with Crippen LogP contribution < -0.4 is 0 Å². The van der Waals surface area contributed by atoms with E-state index >= 15 is 0 Å². The van der Waals surface area contributed by atoms with E-state index in [4.69, 9.17) is 9.47 Å². The number of methoxy groups -OCH3 is 1. The number of nitrogens with zero attached hydrogens (tertiary/aromatic N) is 3. The number of hydrogen-bond acceptors (Lipinski definition) is 7.